The highest BCUT2D eigenvalue weighted by Gasteiger charge is 2.12. The van der Waals surface area contributed by atoms with Gasteiger partial charge in [-0.1, -0.05) is 19.0 Å². The number of aromatic hydroxyl groups is 1. The van der Waals surface area contributed by atoms with Crippen LogP contribution in [0.5, 0.6) is 5.75 Å². The minimum Gasteiger partial charge on any atom is -0.508 e. The smallest absolute Gasteiger partial charge is 0.253 e. The molecule has 0 atom stereocenters. The molecule has 0 saturated carbocycles. The molecule has 2 heterocycles. The number of benzene rings is 1. The van der Waals surface area contributed by atoms with Gasteiger partial charge >= 0.3 is 0 Å². The van der Waals surface area contributed by atoms with Crippen LogP contribution in [-0.4, -0.2) is 26.1 Å². The van der Waals surface area contributed by atoms with Gasteiger partial charge in [0.2, 0.25) is 5.89 Å². The first-order chi connectivity index (χ1) is 12.0. The van der Waals surface area contributed by atoms with E-state index in [9.17, 15) is 9.90 Å². The molecule has 0 saturated heterocycles. The Morgan fingerprint density at radius 2 is 1.96 bits per heavy atom. The molecule has 0 unspecified atom stereocenters. The number of phenols is 1. The molecule has 2 aromatic heterocycles. The van der Waals surface area contributed by atoms with Crippen LogP contribution in [0.1, 0.15) is 41.8 Å². The minimum atomic E-state index is -0.263. The van der Waals surface area contributed by atoms with Crippen LogP contribution in [0.2, 0.25) is 0 Å². The highest BCUT2D eigenvalue weighted by atomic mass is 16.5. The molecule has 3 rings (SSSR count). The van der Waals surface area contributed by atoms with E-state index < -0.39 is 0 Å². The monoisotopic (exact) mass is 338 g/mol. The first-order valence-corrected chi connectivity index (χ1v) is 7.89. The summed E-state index contributed by atoms with van der Waals surface area (Å²) in [6, 6.07) is 10.2. The van der Waals surface area contributed by atoms with Gasteiger partial charge in [0.25, 0.3) is 5.91 Å². The molecule has 7 nitrogen and oxygen atoms in total. The molecule has 25 heavy (non-hydrogen) atoms. The summed E-state index contributed by atoms with van der Waals surface area (Å²) in [6.07, 6.45) is 1.51. The number of amides is 1. The Hall–Kier alpha value is -3.22. The summed E-state index contributed by atoms with van der Waals surface area (Å²) in [6.45, 7) is 4.10. The Kier molecular flexibility index (Phi) is 4.74. The first kappa shape index (κ1) is 16.6. The van der Waals surface area contributed by atoms with E-state index in [4.69, 9.17) is 4.52 Å². The molecule has 0 aliphatic heterocycles. The van der Waals surface area contributed by atoms with E-state index in [2.05, 4.69) is 20.4 Å². The quantitative estimate of drug-likeness (QED) is 0.742. The molecule has 7 heteroatoms. The Morgan fingerprint density at radius 3 is 2.56 bits per heavy atom. The Balaban J connectivity index is 1.63. The van der Waals surface area contributed by atoms with Gasteiger partial charge in [0, 0.05) is 17.7 Å². The van der Waals surface area contributed by atoms with E-state index in [1.807, 2.05) is 13.8 Å². The zero-order chi connectivity index (χ0) is 17.8. The molecule has 0 aliphatic rings. The number of rotatable bonds is 5. The lowest BCUT2D eigenvalue weighted by Crippen LogP contribution is -2.23. The van der Waals surface area contributed by atoms with Crippen molar-refractivity contribution in [2.24, 2.45) is 0 Å². The number of hydrogen-bond donors (Lipinski definition) is 2. The van der Waals surface area contributed by atoms with Gasteiger partial charge in [0.1, 0.15) is 5.75 Å². The van der Waals surface area contributed by atoms with Crippen molar-refractivity contribution in [2.75, 3.05) is 0 Å². The van der Waals surface area contributed by atoms with E-state index in [0.29, 0.717) is 17.3 Å². The summed E-state index contributed by atoms with van der Waals surface area (Å²) in [4.78, 5) is 20.7. The topological polar surface area (TPSA) is 101 Å². The standard InChI is InChI=1S/C18H18N4O3/c1-11(2)18-21-16(22-25-18)10-20-17(24)13-5-8-15(19-9-13)12-3-6-14(23)7-4-12/h3-9,11,23H,10H2,1-2H3,(H,20,24). The molecule has 1 aromatic carbocycles. The summed E-state index contributed by atoms with van der Waals surface area (Å²) >= 11 is 0. The lowest BCUT2D eigenvalue weighted by Gasteiger charge is -2.04. The third kappa shape index (κ3) is 4.00. The lowest BCUT2D eigenvalue weighted by molar-refractivity contribution is 0.0949. The molecule has 0 radical (unpaired) electrons. The maximum Gasteiger partial charge on any atom is 0.253 e. The summed E-state index contributed by atoms with van der Waals surface area (Å²) < 4.78 is 5.09. The molecule has 2 N–H and O–H groups in total. The summed E-state index contributed by atoms with van der Waals surface area (Å²) in [5.41, 5.74) is 2.02. The van der Waals surface area contributed by atoms with Gasteiger partial charge in [-0.15, -0.1) is 0 Å². The van der Waals surface area contributed by atoms with Gasteiger partial charge < -0.3 is 14.9 Å². The molecule has 3 aromatic rings. The van der Waals surface area contributed by atoms with E-state index in [-0.39, 0.29) is 24.1 Å². The highest BCUT2D eigenvalue weighted by Crippen LogP contribution is 2.20. The van der Waals surface area contributed by atoms with Crippen LogP contribution in [-0.2, 0) is 6.54 Å². The second-order valence-corrected chi connectivity index (χ2v) is 5.87. The molecule has 0 spiro atoms. The zero-order valence-corrected chi connectivity index (χ0v) is 13.9. The summed E-state index contributed by atoms with van der Waals surface area (Å²) in [5, 5.41) is 15.9. The van der Waals surface area contributed by atoms with Gasteiger partial charge in [-0.25, -0.2) is 0 Å². The van der Waals surface area contributed by atoms with Crippen LogP contribution in [0.3, 0.4) is 0 Å². The van der Waals surface area contributed by atoms with Crippen LogP contribution in [0.15, 0.2) is 47.1 Å². The van der Waals surface area contributed by atoms with Gasteiger partial charge in [0.15, 0.2) is 5.82 Å². The van der Waals surface area contributed by atoms with Gasteiger partial charge in [-0.3, -0.25) is 9.78 Å². The molecule has 0 aliphatic carbocycles. The van der Waals surface area contributed by atoms with Crippen LogP contribution in [0, 0.1) is 0 Å². The van der Waals surface area contributed by atoms with E-state index in [1.165, 1.54) is 6.20 Å². The predicted molar refractivity (Wildman–Crippen MR) is 90.9 cm³/mol. The largest absolute Gasteiger partial charge is 0.508 e. The number of pyridine rings is 1. The summed E-state index contributed by atoms with van der Waals surface area (Å²) in [7, 11) is 0. The van der Waals surface area contributed by atoms with Crippen molar-refractivity contribution < 1.29 is 14.4 Å². The molecular weight excluding hydrogens is 320 g/mol. The van der Waals surface area contributed by atoms with Crippen LogP contribution in [0.4, 0.5) is 0 Å². The fourth-order valence-electron chi connectivity index (χ4n) is 2.17. The third-order valence-corrected chi connectivity index (χ3v) is 3.57. The zero-order valence-electron chi connectivity index (χ0n) is 13.9. The van der Waals surface area contributed by atoms with Crippen molar-refractivity contribution in [1.82, 2.24) is 20.4 Å². The van der Waals surface area contributed by atoms with Crippen molar-refractivity contribution >= 4 is 5.91 Å². The predicted octanol–water partition coefficient (Wildman–Crippen LogP) is 2.89. The van der Waals surface area contributed by atoms with Crippen molar-refractivity contribution in [1.29, 1.82) is 0 Å². The maximum atomic E-state index is 12.2. The van der Waals surface area contributed by atoms with E-state index in [0.717, 1.165) is 11.3 Å². The number of aromatic nitrogens is 3. The second-order valence-electron chi connectivity index (χ2n) is 5.87. The summed E-state index contributed by atoms with van der Waals surface area (Å²) in [5.74, 6) is 1.06. The molecular formula is C18H18N4O3. The lowest BCUT2D eigenvalue weighted by atomic mass is 10.1. The molecule has 1 amide bonds. The van der Waals surface area contributed by atoms with Crippen molar-refractivity contribution in [2.45, 2.75) is 26.3 Å². The van der Waals surface area contributed by atoms with Crippen LogP contribution in [0.25, 0.3) is 11.3 Å². The minimum absolute atomic E-state index is 0.147. The molecule has 0 fully saturated rings. The number of phenolic OH excluding ortho intramolecular Hbond substituents is 1. The van der Waals surface area contributed by atoms with Crippen molar-refractivity contribution in [3.05, 3.63) is 59.9 Å². The number of nitrogens with zero attached hydrogens (tertiary/aromatic N) is 3. The van der Waals surface area contributed by atoms with E-state index >= 15 is 0 Å². The maximum absolute atomic E-state index is 12.2. The molecule has 0 bridgehead atoms. The SMILES string of the molecule is CC(C)c1nc(CNC(=O)c2ccc(-c3ccc(O)cc3)nc2)no1. The first-order valence-electron chi connectivity index (χ1n) is 7.89. The Labute approximate surface area is 144 Å². The van der Waals surface area contributed by atoms with Gasteiger partial charge in [-0.2, -0.15) is 4.98 Å². The van der Waals surface area contributed by atoms with Crippen LogP contribution < -0.4 is 5.32 Å². The Bertz CT molecular complexity index is 855. The van der Waals surface area contributed by atoms with Crippen LogP contribution >= 0.6 is 0 Å². The normalized spacial score (nSPS) is 10.8. The van der Waals surface area contributed by atoms with Crippen molar-refractivity contribution in [3.8, 4) is 17.0 Å². The number of carbonyl (C=O) groups is 1. The van der Waals surface area contributed by atoms with E-state index in [1.54, 1.807) is 36.4 Å². The highest BCUT2D eigenvalue weighted by molar-refractivity contribution is 5.94. The van der Waals surface area contributed by atoms with Gasteiger partial charge in [-0.05, 0) is 36.4 Å². The Morgan fingerprint density at radius 1 is 1.20 bits per heavy atom. The number of carbonyl (C=O) groups excluding carboxylic acids is 1. The average Bonchev–Trinajstić information content (AvgIpc) is 3.10. The second kappa shape index (κ2) is 7.12. The number of hydrogen-bond acceptors (Lipinski definition) is 6. The fourth-order valence-corrected chi connectivity index (χ4v) is 2.17. The van der Waals surface area contributed by atoms with Gasteiger partial charge in [0.05, 0.1) is 17.8 Å². The third-order valence-electron chi connectivity index (χ3n) is 3.57. The average molecular weight is 338 g/mol. The fraction of sp³-hybridized carbons (Fsp3) is 0.222. The number of nitrogens with one attached hydrogen (secondary N) is 1. The molecule has 128 valence electrons. The van der Waals surface area contributed by atoms with Crippen molar-refractivity contribution in [3.63, 3.8) is 0 Å².